The number of nitrogens with zero attached hydrogens (tertiary/aromatic N) is 3. The minimum atomic E-state index is -0.128. The van der Waals surface area contributed by atoms with Crippen molar-refractivity contribution in [1.29, 1.82) is 0 Å². The lowest BCUT2D eigenvalue weighted by molar-refractivity contribution is -0.825. The highest BCUT2D eigenvalue weighted by Crippen LogP contribution is 2.33. The van der Waals surface area contributed by atoms with Crippen molar-refractivity contribution in [2.75, 3.05) is 24.5 Å². The van der Waals surface area contributed by atoms with Crippen molar-refractivity contribution < 1.29 is 20.0 Å². The number of amides is 1. The molecular formula is C22H23Cl2N4O3+. The van der Waals surface area contributed by atoms with Gasteiger partial charge < -0.3 is 14.3 Å². The monoisotopic (exact) mass is 461 g/mol. The van der Waals surface area contributed by atoms with Crippen molar-refractivity contribution in [3.63, 3.8) is 0 Å². The van der Waals surface area contributed by atoms with Gasteiger partial charge in [-0.2, -0.15) is 5.48 Å². The zero-order valence-electron chi connectivity index (χ0n) is 17.2. The molecule has 0 aliphatic carbocycles. The average molecular weight is 462 g/mol. The minimum Gasteiger partial charge on any atom is -0.366 e. The maximum absolute atomic E-state index is 13.5. The summed E-state index contributed by atoms with van der Waals surface area (Å²) in [7, 11) is 0. The molecule has 162 valence electrons. The Morgan fingerprint density at radius 2 is 1.97 bits per heavy atom. The molecule has 1 amide bonds. The number of halogens is 2. The highest BCUT2D eigenvalue weighted by Gasteiger charge is 2.33. The molecule has 31 heavy (non-hydrogen) atoms. The zero-order valence-corrected chi connectivity index (χ0v) is 18.7. The number of benzene rings is 2. The topological polar surface area (TPSA) is 86.4 Å². The number of hydrogen-bond donors (Lipinski definition) is 2. The third-order valence-electron chi connectivity index (χ3n) is 5.56. The standard InChI is InChI=1S/C22H22Cl2N4O3/c1-13-12-27(19-8-7-15(25-30)11-18(19)24)9-10-28(13)22(29)20-14(2)31-26-21(20)16-5-3-4-6-17(16)23/h3-8,11,13,25,30H,9-10,12H2,1-2H3/p+1. The molecule has 2 aromatic carbocycles. The SMILES string of the molecule is Cc1onc(-c2ccccc2Cl)c1C(=O)N1CCN(c2ccc([NH2+]O)cc2Cl)CC1C. The van der Waals surface area contributed by atoms with Gasteiger partial charge in [-0.1, -0.05) is 46.6 Å². The second kappa shape index (κ2) is 8.88. The molecule has 0 spiro atoms. The summed E-state index contributed by atoms with van der Waals surface area (Å²) in [6.45, 7) is 5.52. The Kier molecular flexibility index (Phi) is 6.20. The quantitative estimate of drug-likeness (QED) is 0.454. The van der Waals surface area contributed by atoms with Gasteiger partial charge in [0.05, 0.1) is 15.7 Å². The van der Waals surface area contributed by atoms with Crippen LogP contribution >= 0.6 is 23.2 Å². The van der Waals surface area contributed by atoms with Crippen LogP contribution in [0.5, 0.6) is 0 Å². The van der Waals surface area contributed by atoms with Crippen LogP contribution in [0.3, 0.4) is 0 Å². The molecule has 2 heterocycles. The molecule has 1 atom stereocenters. The maximum atomic E-state index is 13.5. The summed E-state index contributed by atoms with van der Waals surface area (Å²) in [5.74, 6) is 0.339. The number of hydrogen-bond acceptors (Lipinski definition) is 5. The number of quaternary nitrogens is 1. The fourth-order valence-corrected chi connectivity index (χ4v) is 4.48. The summed E-state index contributed by atoms with van der Waals surface area (Å²) in [5.41, 5.74) is 4.11. The van der Waals surface area contributed by atoms with Crippen molar-refractivity contribution in [2.45, 2.75) is 19.9 Å². The lowest BCUT2D eigenvalue weighted by Gasteiger charge is -2.41. The third kappa shape index (κ3) is 4.14. The molecule has 1 aromatic heterocycles. The number of anilines is 1. The molecule has 4 rings (SSSR count). The summed E-state index contributed by atoms with van der Waals surface area (Å²) < 4.78 is 5.37. The van der Waals surface area contributed by atoms with Crippen LogP contribution in [0.25, 0.3) is 11.3 Å². The number of nitrogens with two attached hydrogens (primary N) is 1. The maximum Gasteiger partial charge on any atom is 0.260 e. The number of carbonyl (C=O) groups excluding carboxylic acids is 1. The van der Waals surface area contributed by atoms with E-state index >= 15 is 0 Å². The second-order valence-electron chi connectivity index (χ2n) is 7.58. The van der Waals surface area contributed by atoms with Crippen LogP contribution in [0.4, 0.5) is 11.4 Å². The Hall–Kier alpha value is -2.58. The Morgan fingerprint density at radius 1 is 1.19 bits per heavy atom. The summed E-state index contributed by atoms with van der Waals surface area (Å²) >= 11 is 12.7. The van der Waals surface area contributed by atoms with Gasteiger partial charge in [0.15, 0.2) is 5.69 Å². The van der Waals surface area contributed by atoms with E-state index < -0.39 is 0 Å². The zero-order chi connectivity index (χ0) is 22.1. The molecule has 1 aliphatic heterocycles. The number of aromatic nitrogens is 1. The van der Waals surface area contributed by atoms with E-state index in [-0.39, 0.29) is 11.9 Å². The summed E-state index contributed by atoms with van der Waals surface area (Å²) in [5, 5.41) is 14.4. The molecule has 0 radical (unpaired) electrons. The molecule has 1 saturated heterocycles. The lowest BCUT2D eigenvalue weighted by Crippen LogP contribution is -2.73. The Morgan fingerprint density at radius 3 is 2.65 bits per heavy atom. The first-order valence-electron chi connectivity index (χ1n) is 9.94. The van der Waals surface area contributed by atoms with Crippen LogP contribution in [0, 0.1) is 6.92 Å². The number of carbonyl (C=O) groups is 1. The van der Waals surface area contributed by atoms with E-state index in [1.54, 1.807) is 25.1 Å². The van der Waals surface area contributed by atoms with Gasteiger partial charge in [0, 0.05) is 43.4 Å². The van der Waals surface area contributed by atoms with Gasteiger partial charge in [0.25, 0.3) is 5.91 Å². The van der Waals surface area contributed by atoms with Crippen LogP contribution in [0.15, 0.2) is 47.0 Å². The molecule has 7 nitrogen and oxygen atoms in total. The molecular weight excluding hydrogens is 439 g/mol. The van der Waals surface area contributed by atoms with Gasteiger partial charge in [0.2, 0.25) is 0 Å². The van der Waals surface area contributed by atoms with Gasteiger partial charge in [-0.25, -0.2) is 5.21 Å². The summed E-state index contributed by atoms with van der Waals surface area (Å²) in [6, 6.07) is 12.6. The molecule has 0 saturated carbocycles. The third-order valence-corrected chi connectivity index (χ3v) is 6.19. The predicted molar refractivity (Wildman–Crippen MR) is 119 cm³/mol. The predicted octanol–water partition coefficient (Wildman–Crippen LogP) is 3.89. The van der Waals surface area contributed by atoms with E-state index in [2.05, 4.69) is 10.1 Å². The van der Waals surface area contributed by atoms with E-state index in [0.29, 0.717) is 57.9 Å². The molecule has 0 bridgehead atoms. The number of aryl methyl sites for hydroxylation is 1. The minimum absolute atomic E-state index is 0.0604. The summed E-state index contributed by atoms with van der Waals surface area (Å²) in [4.78, 5) is 17.5. The van der Waals surface area contributed by atoms with Gasteiger partial charge >= 0.3 is 0 Å². The highest BCUT2D eigenvalue weighted by atomic mass is 35.5. The summed E-state index contributed by atoms with van der Waals surface area (Å²) in [6.07, 6.45) is 0. The van der Waals surface area contributed by atoms with Crippen LogP contribution in [0.1, 0.15) is 23.0 Å². The Labute approximate surface area is 190 Å². The molecule has 3 N–H and O–H groups in total. The average Bonchev–Trinajstić information content (AvgIpc) is 3.14. The molecule has 3 aromatic rings. The van der Waals surface area contributed by atoms with Crippen molar-refractivity contribution in [2.24, 2.45) is 0 Å². The van der Waals surface area contributed by atoms with E-state index in [9.17, 15) is 10.0 Å². The largest absolute Gasteiger partial charge is 0.366 e. The lowest BCUT2D eigenvalue weighted by atomic mass is 10.0. The normalized spacial score (nSPS) is 16.6. The Balaban J connectivity index is 1.57. The van der Waals surface area contributed by atoms with Crippen molar-refractivity contribution >= 4 is 40.5 Å². The highest BCUT2D eigenvalue weighted by molar-refractivity contribution is 6.33. The first-order chi connectivity index (χ1) is 14.9. The van der Waals surface area contributed by atoms with Gasteiger partial charge in [-0.3, -0.25) is 4.79 Å². The fourth-order valence-electron chi connectivity index (χ4n) is 3.94. The molecule has 9 heteroatoms. The number of rotatable bonds is 4. The Bertz CT molecular complexity index is 1120. The van der Waals surface area contributed by atoms with Gasteiger partial charge in [0.1, 0.15) is 17.0 Å². The van der Waals surface area contributed by atoms with E-state index in [1.165, 1.54) is 0 Å². The fraction of sp³-hybridized carbons (Fsp3) is 0.273. The van der Waals surface area contributed by atoms with Gasteiger partial charge in [-0.05, 0) is 26.0 Å². The second-order valence-corrected chi connectivity index (χ2v) is 8.39. The van der Waals surface area contributed by atoms with Crippen LogP contribution in [0.2, 0.25) is 10.0 Å². The van der Waals surface area contributed by atoms with E-state index in [0.717, 1.165) is 11.2 Å². The molecule has 1 fully saturated rings. The smallest absolute Gasteiger partial charge is 0.260 e. The van der Waals surface area contributed by atoms with E-state index in [4.69, 9.17) is 27.7 Å². The van der Waals surface area contributed by atoms with Crippen LogP contribution in [-0.2, 0) is 0 Å². The van der Waals surface area contributed by atoms with Crippen molar-refractivity contribution in [3.8, 4) is 11.3 Å². The van der Waals surface area contributed by atoms with Crippen molar-refractivity contribution in [1.82, 2.24) is 10.1 Å². The van der Waals surface area contributed by atoms with Crippen LogP contribution in [-0.4, -0.2) is 46.8 Å². The first-order valence-corrected chi connectivity index (χ1v) is 10.7. The molecule has 1 unspecified atom stereocenters. The number of piperazine rings is 1. The van der Waals surface area contributed by atoms with Gasteiger partial charge in [-0.15, -0.1) is 0 Å². The van der Waals surface area contributed by atoms with Crippen molar-refractivity contribution in [3.05, 3.63) is 63.8 Å². The molecule has 1 aliphatic rings. The first kappa shape index (κ1) is 21.6. The van der Waals surface area contributed by atoms with Crippen LogP contribution < -0.4 is 10.4 Å². The van der Waals surface area contributed by atoms with E-state index in [1.807, 2.05) is 36.1 Å².